The van der Waals surface area contributed by atoms with E-state index >= 15 is 0 Å². The number of nitrogens with one attached hydrogen (secondary N) is 3. The zero-order valence-corrected chi connectivity index (χ0v) is 14.5. The summed E-state index contributed by atoms with van der Waals surface area (Å²) in [6.45, 7) is 0.383. The van der Waals surface area contributed by atoms with Crippen LogP contribution in [0.25, 0.3) is 10.9 Å². The Bertz CT molecular complexity index is 905. The number of hydrogen-bond acceptors (Lipinski definition) is 4. The van der Waals surface area contributed by atoms with Crippen LogP contribution in [0.1, 0.15) is 36.1 Å². The molecule has 1 atom stereocenters. The predicted molar refractivity (Wildman–Crippen MR) is 99.1 cm³/mol. The lowest BCUT2D eigenvalue weighted by Gasteiger charge is -2.18. The zero-order valence-electron chi connectivity index (χ0n) is 14.5. The molecule has 1 unspecified atom stereocenters. The first kappa shape index (κ1) is 16.5. The molecule has 2 heterocycles. The fourth-order valence-electron chi connectivity index (χ4n) is 3.06. The van der Waals surface area contributed by atoms with Gasteiger partial charge in [-0.05, 0) is 18.4 Å². The van der Waals surface area contributed by atoms with Gasteiger partial charge in [0.05, 0.1) is 18.2 Å². The summed E-state index contributed by atoms with van der Waals surface area (Å²) in [6.07, 6.45) is 4.16. The van der Waals surface area contributed by atoms with Crippen LogP contribution in [0.5, 0.6) is 0 Å². The highest BCUT2D eigenvalue weighted by Crippen LogP contribution is 2.41. The maximum atomic E-state index is 12.4. The number of ether oxygens (including phenoxy) is 1. The van der Waals surface area contributed by atoms with Gasteiger partial charge in [-0.1, -0.05) is 30.3 Å². The molecule has 3 N–H and O–H groups in total. The Labute approximate surface area is 151 Å². The number of fused-ring (bicyclic) bond motifs is 1. The van der Waals surface area contributed by atoms with Crippen molar-refractivity contribution in [3.8, 4) is 0 Å². The van der Waals surface area contributed by atoms with E-state index < -0.39 is 0 Å². The van der Waals surface area contributed by atoms with E-state index in [1.54, 1.807) is 19.4 Å². The minimum absolute atomic E-state index is 0.239. The van der Waals surface area contributed by atoms with Crippen molar-refractivity contribution in [3.63, 3.8) is 0 Å². The van der Waals surface area contributed by atoms with Gasteiger partial charge in [-0.2, -0.15) is 5.10 Å². The molecule has 2 amide bonds. The third-order valence-corrected chi connectivity index (χ3v) is 4.54. The Kier molecular flexibility index (Phi) is 4.53. The van der Waals surface area contributed by atoms with Crippen LogP contribution in [0.3, 0.4) is 0 Å². The number of nitrogens with zero attached hydrogens (tertiary/aromatic N) is 2. The number of carbonyl (C=O) groups excluding carboxylic acids is 1. The summed E-state index contributed by atoms with van der Waals surface area (Å²) in [6, 6.07) is 10.9. The average molecular weight is 351 g/mol. The molecule has 3 aromatic rings. The third kappa shape index (κ3) is 3.52. The summed E-state index contributed by atoms with van der Waals surface area (Å²) in [4.78, 5) is 16.7. The van der Waals surface area contributed by atoms with Gasteiger partial charge in [0.1, 0.15) is 5.82 Å². The smallest absolute Gasteiger partial charge is 0.320 e. The van der Waals surface area contributed by atoms with E-state index in [2.05, 4.69) is 25.8 Å². The molecule has 0 saturated heterocycles. The van der Waals surface area contributed by atoms with Crippen molar-refractivity contribution in [1.29, 1.82) is 0 Å². The molecular weight excluding hydrogens is 330 g/mol. The number of H-pyrrole nitrogens is 1. The lowest BCUT2D eigenvalue weighted by atomic mass is 10.1. The maximum absolute atomic E-state index is 12.4. The molecule has 0 aliphatic heterocycles. The molecular formula is C19H21N5O2. The minimum atomic E-state index is -0.333. The molecule has 1 aliphatic carbocycles. The van der Waals surface area contributed by atoms with Crippen LogP contribution in [0.2, 0.25) is 0 Å². The van der Waals surface area contributed by atoms with Gasteiger partial charge in [0, 0.05) is 36.4 Å². The largest absolute Gasteiger partial charge is 0.382 e. The molecule has 4 rings (SSSR count). The molecule has 0 spiro atoms. The highest BCUT2D eigenvalue weighted by molar-refractivity contribution is 5.91. The topological polar surface area (TPSA) is 91.9 Å². The van der Waals surface area contributed by atoms with Gasteiger partial charge in [0.15, 0.2) is 0 Å². The number of rotatable bonds is 6. The van der Waals surface area contributed by atoms with Crippen molar-refractivity contribution in [2.24, 2.45) is 0 Å². The highest BCUT2D eigenvalue weighted by atomic mass is 16.5. The molecule has 1 aromatic carbocycles. The molecule has 0 radical (unpaired) electrons. The van der Waals surface area contributed by atoms with Gasteiger partial charge in [-0.3, -0.25) is 10.4 Å². The standard InChI is InChI=1S/C19H21N5O2/c1-26-11-16(12-5-3-2-4-6-12)21-19(25)22-17-9-15-14(10-20-17)18(24-23-15)13-7-8-13/h2-6,9-10,13,16H,7-8,11H2,1H3,(H,23,24)(H2,20,21,22,25). The van der Waals surface area contributed by atoms with Crippen LogP contribution in [0.15, 0.2) is 42.6 Å². The summed E-state index contributed by atoms with van der Waals surface area (Å²) in [5.74, 6) is 1.04. The van der Waals surface area contributed by atoms with E-state index in [-0.39, 0.29) is 12.1 Å². The number of benzene rings is 1. The first-order chi connectivity index (χ1) is 12.7. The average Bonchev–Trinajstić information content (AvgIpc) is 3.41. The van der Waals surface area contributed by atoms with Crippen molar-refractivity contribution in [2.45, 2.75) is 24.8 Å². The molecule has 2 aromatic heterocycles. The molecule has 26 heavy (non-hydrogen) atoms. The third-order valence-electron chi connectivity index (χ3n) is 4.54. The van der Waals surface area contributed by atoms with Crippen LogP contribution in [0.4, 0.5) is 10.6 Å². The molecule has 1 aliphatic rings. The van der Waals surface area contributed by atoms with E-state index in [0.717, 1.165) is 22.2 Å². The molecule has 7 heteroatoms. The quantitative estimate of drug-likeness (QED) is 0.635. The lowest BCUT2D eigenvalue weighted by Crippen LogP contribution is -2.35. The molecule has 134 valence electrons. The highest BCUT2D eigenvalue weighted by Gasteiger charge is 2.27. The number of pyridine rings is 1. The summed E-state index contributed by atoms with van der Waals surface area (Å²) < 4.78 is 5.23. The second kappa shape index (κ2) is 7.13. The summed E-state index contributed by atoms with van der Waals surface area (Å²) in [5, 5.41) is 14.1. The summed E-state index contributed by atoms with van der Waals surface area (Å²) in [7, 11) is 1.61. The number of aromatic nitrogens is 3. The van der Waals surface area contributed by atoms with Gasteiger partial charge in [-0.15, -0.1) is 0 Å². The Hall–Kier alpha value is -2.93. The summed E-state index contributed by atoms with van der Waals surface area (Å²) >= 11 is 0. The zero-order chi connectivity index (χ0) is 17.9. The Morgan fingerprint density at radius 1 is 1.35 bits per heavy atom. The Balaban J connectivity index is 1.45. The number of carbonyl (C=O) groups is 1. The molecule has 7 nitrogen and oxygen atoms in total. The Morgan fingerprint density at radius 3 is 2.88 bits per heavy atom. The maximum Gasteiger partial charge on any atom is 0.320 e. The van der Waals surface area contributed by atoms with E-state index in [1.165, 1.54) is 12.8 Å². The second-order valence-corrected chi connectivity index (χ2v) is 6.52. The van der Waals surface area contributed by atoms with Crippen molar-refractivity contribution < 1.29 is 9.53 Å². The SMILES string of the molecule is COCC(NC(=O)Nc1cc2n[nH]c(C3CC3)c2cn1)c1ccccc1. The normalized spacial score (nSPS) is 15.0. The minimum Gasteiger partial charge on any atom is -0.382 e. The number of aromatic amines is 1. The second-order valence-electron chi connectivity index (χ2n) is 6.52. The fraction of sp³-hybridized carbons (Fsp3) is 0.316. The van der Waals surface area contributed by atoms with Gasteiger partial charge in [0.2, 0.25) is 0 Å². The fourth-order valence-corrected chi connectivity index (χ4v) is 3.06. The summed E-state index contributed by atoms with van der Waals surface area (Å²) in [5.41, 5.74) is 2.94. The van der Waals surface area contributed by atoms with E-state index in [4.69, 9.17) is 4.74 Å². The van der Waals surface area contributed by atoms with Gasteiger partial charge in [0.25, 0.3) is 0 Å². The van der Waals surface area contributed by atoms with Crippen LogP contribution >= 0.6 is 0 Å². The van der Waals surface area contributed by atoms with Crippen molar-refractivity contribution in [2.75, 3.05) is 19.0 Å². The monoisotopic (exact) mass is 351 g/mol. The van der Waals surface area contributed by atoms with Crippen LogP contribution in [0, 0.1) is 0 Å². The van der Waals surface area contributed by atoms with Crippen LogP contribution < -0.4 is 10.6 Å². The first-order valence-electron chi connectivity index (χ1n) is 8.70. The number of hydrogen-bond donors (Lipinski definition) is 3. The van der Waals surface area contributed by atoms with Crippen LogP contribution in [-0.4, -0.2) is 34.9 Å². The number of methoxy groups -OCH3 is 1. The van der Waals surface area contributed by atoms with Crippen molar-refractivity contribution >= 4 is 22.8 Å². The lowest BCUT2D eigenvalue weighted by molar-refractivity contribution is 0.168. The number of anilines is 1. The van der Waals surface area contributed by atoms with Crippen molar-refractivity contribution in [3.05, 3.63) is 53.9 Å². The van der Waals surface area contributed by atoms with Crippen molar-refractivity contribution in [1.82, 2.24) is 20.5 Å². The first-order valence-corrected chi connectivity index (χ1v) is 8.70. The number of amides is 2. The van der Waals surface area contributed by atoms with E-state index in [9.17, 15) is 4.79 Å². The molecule has 1 fully saturated rings. The van der Waals surface area contributed by atoms with Gasteiger partial charge >= 0.3 is 6.03 Å². The Morgan fingerprint density at radius 2 is 2.15 bits per heavy atom. The van der Waals surface area contributed by atoms with Gasteiger partial charge < -0.3 is 10.1 Å². The molecule has 0 bridgehead atoms. The van der Waals surface area contributed by atoms with E-state index in [0.29, 0.717) is 18.3 Å². The van der Waals surface area contributed by atoms with Gasteiger partial charge in [-0.25, -0.2) is 9.78 Å². The van der Waals surface area contributed by atoms with E-state index in [1.807, 2.05) is 30.3 Å². The number of urea groups is 1. The van der Waals surface area contributed by atoms with Crippen LogP contribution in [-0.2, 0) is 4.74 Å². The molecule has 1 saturated carbocycles. The predicted octanol–water partition coefficient (Wildman–Crippen LogP) is 3.34.